The highest BCUT2D eigenvalue weighted by atomic mass is 35.5. The topological polar surface area (TPSA) is 49.8 Å². The summed E-state index contributed by atoms with van der Waals surface area (Å²) in [5, 5.41) is 9.67. The molecule has 0 radical (unpaired) electrons. The van der Waals surface area contributed by atoms with Crippen molar-refractivity contribution in [2.45, 2.75) is 45.8 Å². The van der Waals surface area contributed by atoms with E-state index in [1.54, 1.807) is 4.90 Å². The van der Waals surface area contributed by atoms with Crippen LogP contribution in [0.15, 0.2) is 48.5 Å². The number of unbranched alkanes of at least 4 members (excludes halogenated alkanes) is 1. The molecule has 0 unspecified atom stereocenters. The highest BCUT2D eigenvalue weighted by Gasteiger charge is 2.22. The summed E-state index contributed by atoms with van der Waals surface area (Å²) in [7, 11) is 0. The van der Waals surface area contributed by atoms with Gasteiger partial charge in [0.25, 0.3) is 0 Å². The van der Waals surface area contributed by atoms with Crippen LogP contribution in [-0.2, 0) is 11.3 Å². The van der Waals surface area contributed by atoms with Crippen molar-refractivity contribution in [3.05, 3.63) is 59.1 Å². The third kappa shape index (κ3) is 6.89. The lowest BCUT2D eigenvalue weighted by atomic mass is 10.0. The molecule has 0 saturated carbocycles. The van der Waals surface area contributed by atoms with Gasteiger partial charge in [-0.25, -0.2) is 4.79 Å². The van der Waals surface area contributed by atoms with E-state index >= 15 is 0 Å². The third-order valence-electron chi connectivity index (χ3n) is 3.98. The zero-order valence-electron chi connectivity index (χ0n) is 16.2. The van der Waals surface area contributed by atoms with Crippen molar-refractivity contribution in [2.24, 2.45) is 0 Å². The van der Waals surface area contributed by atoms with Gasteiger partial charge >= 0.3 is 6.09 Å². The van der Waals surface area contributed by atoms with E-state index in [1.807, 2.05) is 69.3 Å². The van der Waals surface area contributed by atoms with Crippen molar-refractivity contribution >= 4 is 17.7 Å². The van der Waals surface area contributed by atoms with Crippen LogP contribution in [0.3, 0.4) is 0 Å². The molecule has 0 aliphatic heterocycles. The Kier molecular flexibility index (Phi) is 7.69. The molecule has 5 heteroatoms. The summed E-state index contributed by atoms with van der Waals surface area (Å²) in [6, 6.07) is 15.8. The summed E-state index contributed by atoms with van der Waals surface area (Å²) in [6.45, 7) is 6.59. The van der Waals surface area contributed by atoms with Gasteiger partial charge in [-0.15, -0.1) is 0 Å². The Morgan fingerprint density at radius 3 is 2.41 bits per heavy atom. The van der Waals surface area contributed by atoms with E-state index in [4.69, 9.17) is 21.4 Å². The molecule has 0 spiro atoms. The molecule has 27 heavy (non-hydrogen) atoms. The zero-order valence-corrected chi connectivity index (χ0v) is 17.0. The van der Waals surface area contributed by atoms with Gasteiger partial charge in [-0.1, -0.05) is 54.1 Å². The van der Waals surface area contributed by atoms with Gasteiger partial charge in [-0.05, 0) is 50.8 Å². The number of benzene rings is 2. The van der Waals surface area contributed by atoms with E-state index in [-0.39, 0.29) is 12.7 Å². The Hall–Kier alpha value is -2.04. The monoisotopic (exact) mass is 389 g/mol. The molecule has 2 aromatic rings. The van der Waals surface area contributed by atoms with Crippen molar-refractivity contribution in [3.63, 3.8) is 0 Å². The molecule has 0 aliphatic carbocycles. The maximum absolute atomic E-state index is 12.5. The minimum atomic E-state index is -0.554. The molecule has 0 aromatic heterocycles. The number of carbonyl (C=O) groups is 1. The molecule has 0 saturated heterocycles. The molecule has 0 fully saturated rings. The van der Waals surface area contributed by atoms with Crippen molar-refractivity contribution in [1.29, 1.82) is 0 Å². The Labute approximate surface area is 166 Å². The van der Waals surface area contributed by atoms with E-state index in [2.05, 4.69) is 0 Å². The van der Waals surface area contributed by atoms with Crippen LogP contribution in [0, 0.1) is 0 Å². The van der Waals surface area contributed by atoms with Gasteiger partial charge in [0, 0.05) is 30.3 Å². The molecule has 0 aliphatic rings. The van der Waals surface area contributed by atoms with Crippen LogP contribution in [0.2, 0.25) is 5.02 Å². The second-order valence-electron chi connectivity index (χ2n) is 7.51. The standard InChI is InChI=1S/C22H28ClNO3/c1-22(2,3)27-21(26)24(13-7-8-14-25)16-17-11-12-19(20(23)15-17)18-9-5-4-6-10-18/h4-6,9-12,15,25H,7-8,13-14,16H2,1-3H3. The second kappa shape index (κ2) is 9.77. The lowest BCUT2D eigenvalue weighted by Crippen LogP contribution is -2.37. The number of aliphatic hydroxyl groups excluding tert-OH is 1. The lowest BCUT2D eigenvalue weighted by molar-refractivity contribution is 0.0228. The first kappa shape index (κ1) is 21.3. The fourth-order valence-corrected chi connectivity index (χ4v) is 3.02. The highest BCUT2D eigenvalue weighted by molar-refractivity contribution is 6.33. The van der Waals surface area contributed by atoms with Crippen molar-refractivity contribution < 1.29 is 14.6 Å². The van der Waals surface area contributed by atoms with Crippen molar-refractivity contribution in [2.75, 3.05) is 13.2 Å². The Morgan fingerprint density at radius 2 is 1.81 bits per heavy atom. The molecule has 4 nitrogen and oxygen atoms in total. The molecule has 1 N–H and O–H groups in total. The molecule has 2 aromatic carbocycles. The number of halogens is 1. The Balaban J connectivity index is 2.15. The largest absolute Gasteiger partial charge is 0.444 e. The molecule has 1 amide bonds. The fourth-order valence-electron chi connectivity index (χ4n) is 2.71. The summed E-state index contributed by atoms with van der Waals surface area (Å²) in [4.78, 5) is 14.2. The normalized spacial score (nSPS) is 11.3. The minimum absolute atomic E-state index is 0.111. The van der Waals surface area contributed by atoms with Gasteiger partial charge in [0.1, 0.15) is 5.60 Å². The molecular formula is C22H28ClNO3. The van der Waals surface area contributed by atoms with Crippen LogP contribution < -0.4 is 0 Å². The SMILES string of the molecule is CC(C)(C)OC(=O)N(CCCCO)Cc1ccc(-c2ccccc2)c(Cl)c1. The number of nitrogens with zero attached hydrogens (tertiary/aromatic N) is 1. The van der Waals surface area contributed by atoms with Gasteiger partial charge in [0.05, 0.1) is 0 Å². The zero-order chi connectivity index (χ0) is 19.9. The minimum Gasteiger partial charge on any atom is -0.444 e. The first-order valence-corrected chi connectivity index (χ1v) is 9.60. The van der Waals surface area contributed by atoms with Crippen molar-refractivity contribution in [3.8, 4) is 11.1 Å². The van der Waals surface area contributed by atoms with Gasteiger partial charge in [-0.2, -0.15) is 0 Å². The maximum Gasteiger partial charge on any atom is 0.410 e. The van der Waals surface area contributed by atoms with Gasteiger partial charge in [0.15, 0.2) is 0 Å². The van der Waals surface area contributed by atoms with E-state index in [1.165, 1.54) is 0 Å². The number of ether oxygens (including phenoxy) is 1. The Bertz CT molecular complexity index is 741. The number of hydrogen-bond acceptors (Lipinski definition) is 3. The maximum atomic E-state index is 12.5. The second-order valence-corrected chi connectivity index (χ2v) is 7.92. The quantitative estimate of drug-likeness (QED) is 0.634. The fraction of sp³-hybridized carbons (Fsp3) is 0.409. The highest BCUT2D eigenvalue weighted by Crippen LogP contribution is 2.29. The summed E-state index contributed by atoms with van der Waals surface area (Å²) in [6.07, 6.45) is 1.00. The predicted octanol–water partition coefficient (Wildman–Crippen LogP) is 5.52. The van der Waals surface area contributed by atoms with Gasteiger partial charge < -0.3 is 14.7 Å². The number of amides is 1. The lowest BCUT2D eigenvalue weighted by Gasteiger charge is -2.27. The summed E-state index contributed by atoms with van der Waals surface area (Å²) in [5.41, 5.74) is 2.40. The molecule has 0 bridgehead atoms. The predicted molar refractivity (Wildman–Crippen MR) is 110 cm³/mol. The van der Waals surface area contributed by atoms with Crippen LogP contribution in [0.1, 0.15) is 39.2 Å². The number of hydrogen-bond donors (Lipinski definition) is 1. The molecule has 2 rings (SSSR count). The van der Waals surface area contributed by atoms with Gasteiger partial charge in [-0.3, -0.25) is 0 Å². The number of carbonyl (C=O) groups excluding carboxylic acids is 1. The molecule has 0 heterocycles. The van der Waals surface area contributed by atoms with E-state index in [0.717, 1.165) is 16.7 Å². The van der Waals surface area contributed by atoms with Crippen LogP contribution in [0.25, 0.3) is 11.1 Å². The van der Waals surface area contributed by atoms with Crippen LogP contribution >= 0.6 is 11.6 Å². The van der Waals surface area contributed by atoms with Crippen LogP contribution in [0.5, 0.6) is 0 Å². The van der Waals surface area contributed by atoms with Crippen molar-refractivity contribution in [1.82, 2.24) is 4.90 Å². The molecule has 146 valence electrons. The first-order valence-electron chi connectivity index (χ1n) is 9.23. The number of rotatable bonds is 7. The average Bonchev–Trinajstić information content (AvgIpc) is 2.60. The molecular weight excluding hydrogens is 362 g/mol. The van der Waals surface area contributed by atoms with E-state index < -0.39 is 5.60 Å². The number of aliphatic hydroxyl groups is 1. The Morgan fingerprint density at radius 1 is 1.11 bits per heavy atom. The van der Waals surface area contributed by atoms with Gasteiger partial charge in [0.2, 0.25) is 0 Å². The summed E-state index contributed by atoms with van der Waals surface area (Å²) < 4.78 is 5.52. The average molecular weight is 390 g/mol. The van der Waals surface area contributed by atoms with E-state index in [0.29, 0.717) is 31.0 Å². The summed E-state index contributed by atoms with van der Waals surface area (Å²) >= 11 is 6.49. The van der Waals surface area contributed by atoms with E-state index in [9.17, 15) is 4.79 Å². The summed E-state index contributed by atoms with van der Waals surface area (Å²) in [5.74, 6) is 0. The van der Waals surface area contributed by atoms with Crippen LogP contribution in [-0.4, -0.2) is 34.9 Å². The third-order valence-corrected chi connectivity index (χ3v) is 4.29. The first-order chi connectivity index (χ1) is 12.8. The molecule has 0 atom stereocenters. The van der Waals surface area contributed by atoms with Crippen LogP contribution in [0.4, 0.5) is 4.79 Å². The smallest absolute Gasteiger partial charge is 0.410 e.